The molecule has 0 saturated carbocycles. The monoisotopic (exact) mass is 334 g/mol. The van der Waals surface area contributed by atoms with Crippen molar-refractivity contribution in [2.45, 2.75) is 13.3 Å². The molecule has 2 aromatic rings. The fourth-order valence-corrected chi connectivity index (χ4v) is 2.80. The number of nitrogens with zero attached hydrogens (tertiary/aromatic N) is 1. The first-order valence-corrected chi connectivity index (χ1v) is 7.34. The standard InChI is InChI=1S/C14H11BrN2OS/c1-2-11-5-6-13(19-11)14(18)17-12-7-10(15)4-3-9(12)8-16/h3-7H,2H2,1H3,(H,17,18). The van der Waals surface area contributed by atoms with Gasteiger partial charge in [0.05, 0.1) is 16.1 Å². The molecule has 0 fully saturated rings. The number of anilines is 1. The molecule has 1 heterocycles. The first kappa shape index (κ1) is 13.8. The number of rotatable bonds is 3. The van der Waals surface area contributed by atoms with Crippen LogP contribution in [-0.4, -0.2) is 5.91 Å². The van der Waals surface area contributed by atoms with E-state index in [2.05, 4.69) is 34.2 Å². The third-order valence-electron chi connectivity index (χ3n) is 2.58. The van der Waals surface area contributed by atoms with Gasteiger partial charge in [0.1, 0.15) is 6.07 Å². The quantitative estimate of drug-likeness (QED) is 0.914. The van der Waals surface area contributed by atoms with E-state index in [0.717, 1.165) is 10.9 Å². The van der Waals surface area contributed by atoms with Gasteiger partial charge in [-0.1, -0.05) is 22.9 Å². The second kappa shape index (κ2) is 6.00. The van der Waals surface area contributed by atoms with Crippen LogP contribution in [0.4, 0.5) is 5.69 Å². The molecule has 19 heavy (non-hydrogen) atoms. The zero-order chi connectivity index (χ0) is 13.8. The minimum Gasteiger partial charge on any atom is -0.320 e. The van der Waals surface area contributed by atoms with E-state index in [-0.39, 0.29) is 5.91 Å². The van der Waals surface area contributed by atoms with Gasteiger partial charge in [0.2, 0.25) is 0 Å². The van der Waals surface area contributed by atoms with Crippen LogP contribution in [0.25, 0.3) is 0 Å². The van der Waals surface area contributed by atoms with E-state index >= 15 is 0 Å². The van der Waals surface area contributed by atoms with Crippen molar-refractivity contribution in [1.82, 2.24) is 0 Å². The van der Waals surface area contributed by atoms with E-state index in [0.29, 0.717) is 16.1 Å². The Balaban J connectivity index is 2.23. The summed E-state index contributed by atoms with van der Waals surface area (Å²) in [6.45, 7) is 2.05. The largest absolute Gasteiger partial charge is 0.320 e. The molecule has 3 nitrogen and oxygen atoms in total. The van der Waals surface area contributed by atoms with E-state index in [1.165, 1.54) is 16.2 Å². The number of nitrogens with one attached hydrogen (secondary N) is 1. The summed E-state index contributed by atoms with van der Waals surface area (Å²) in [5, 5.41) is 11.8. The lowest BCUT2D eigenvalue weighted by atomic mass is 10.2. The summed E-state index contributed by atoms with van der Waals surface area (Å²) in [4.78, 5) is 13.9. The molecule has 0 spiro atoms. The van der Waals surface area contributed by atoms with Crippen LogP contribution >= 0.6 is 27.3 Å². The predicted molar refractivity (Wildman–Crippen MR) is 80.5 cm³/mol. The van der Waals surface area contributed by atoms with Crippen molar-refractivity contribution in [2.24, 2.45) is 0 Å². The number of aryl methyl sites for hydroxylation is 1. The molecule has 5 heteroatoms. The summed E-state index contributed by atoms with van der Waals surface area (Å²) >= 11 is 4.80. The highest BCUT2D eigenvalue weighted by atomic mass is 79.9. The van der Waals surface area contributed by atoms with Gasteiger partial charge in [0.15, 0.2) is 0 Å². The van der Waals surface area contributed by atoms with Gasteiger partial charge in [-0.15, -0.1) is 11.3 Å². The number of amides is 1. The van der Waals surface area contributed by atoms with Crippen LogP contribution < -0.4 is 5.32 Å². The van der Waals surface area contributed by atoms with Gasteiger partial charge < -0.3 is 5.32 Å². The molecule has 96 valence electrons. The number of nitriles is 1. The molecule has 0 unspecified atom stereocenters. The summed E-state index contributed by atoms with van der Waals surface area (Å²) < 4.78 is 0.822. The molecular formula is C14H11BrN2OS. The smallest absolute Gasteiger partial charge is 0.265 e. The molecule has 0 aliphatic heterocycles. The molecule has 2 rings (SSSR count). The third kappa shape index (κ3) is 3.22. The van der Waals surface area contributed by atoms with Crippen molar-refractivity contribution in [2.75, 3.05) is 5.32 Å². The number of halogens is 1. The molecule has 0 aliphatic carbocycles. The van der Waals surface area contributed by atoms with Crippen molar-refractivity contribution in [3.05, 3.63) is 50.1 Å². The first-order valence-electron chi connectivity index (χ1n) is 5.73. The fourth-order valence-electron chi connectivity index (χ4n) is 1.59. The summed E-state index contributed by atoms with van der Waals surface area (Å²) in [6.07, 6.45) is 0.915. The number of carbonyl (C=O) groups excluding carboxylic acids is 1. The maximum absolute atomic E-state index is 12.1. The fraction of sp³-hybridized carbons (Fsp3) is 0.143. The number of benzene rings is 1. The topological polar surface area (TPSA) is 52.9 Å². The zero-order valence-corrected chi connectivity index (χ0v) is 12.6. The lowest BCUT2D eigenvalue weighted by Gasteiger charge is -2.06. The lowest BCUT2D eigenvalue weighted by Crippen LogP contribution is -2.11. The zero-order valence-electron chi connectivity index (χ0n) is 10.2. The van der Waals surface area contributed by atoms with E-state index in [1.54, 1.807) is 18.2 Å². The molecular weight excluding hydrogens is 324 g/mol. The van der Waals surface area contributed by atoms with Crippen LogP contribution in [0.5, 0.6) is 0 Å². The molecule has 0 atom stereocenters. The highest BCUT2D eigenvalue weighted by molar-refractivity contribution is 9.10. The van der Waals surface area contributed by atoms with Crippen LogP contribution in [-0.2, 0) is 6.42 Å². The molecule has 1 N–H and O–H groups in total. The first-order chi connectivity index (χ1) is 9.13. The van der Waals surface area contributed by atoms with Crippen LogP contribution in [0.2, 0.25) is 0 Å². The number of hydrogen-bond donors (Lipinski definition) is 1. The van der Waals surface area contributed by atoms with Crippen molar-refractivity contribution < 1.29 is 4.79 Å². The SMILES string of the molecule is CCc1ccc(C(=O)Nc2cc(Br)ccc2C#N)s1. The Morgan fingerprint density at radius 3 is 2.84 bits per heavy atom. The lowest BCUT2D eigenvalue weighted by molar-refractivity contribution is 0.103. The number of carbonyl (C=O) groups is 1. The molecule has 0 aliphatic rings. The second-order valence-electron chi connectivity index (χ2n) is 3.88. The van der Waals surface area contributed by atoms with Crippen LogP contribution in [0.15, 0.2) is 34.8 Å². The summed E-state index contributed by atoms with van der Waals surface area (Å²) in [6, 6.07) is 11.0. The van der Waals surface area contributed by atoms with E-state index in [4.69, 9.17) is 5.26 Å². The minimum absolute atomic E-state index is 0.181. The van der Waals surface area contributed by atoms with Gasteiger partial charge >= 0.3 is 0 Å². The Hall–Kier alpha value is -1.64. The number of thiophene rings is 1. The van der Waals surface area contributed by atoms with Gasteiger partial charge in [-0.25, -0.2) is 0 Å². The van der Waals surface area contributed by atoms with Gasteiger partial charge in [-0.3, -0.25) is 4.79 Å². The normalized spacial score (nSPS) is 9.95. The molecule has 0 bridgehead atoms. The highest BCUT2D eigenvalue weighted by Crippen LogP contribution is 2.23. The molecule has 1 aromatic heterocycles. The average molecular weight is 335 g/mol. The summed E-state index contributed by atoms with van der Waals surface area (Å²) in [5.41, 5.74) is 0.970. The Labute approximate surface area is 124 Å². The van der Waals surface area contributed by atoms with Crippen molar-refractivity contribution in [3.8, 4) is 6.07 Å². The Morgan fingerprint density at radius 2 is 2.21 bits per heavy atom. The van der Waals surface area contributed by atoms with Crippen LogP contribution in [0.3, 0.4) is 0 Å². The minimum atomic E-state index is -0.181. The van der Waals surface area contributed by atoms with E-state index < -0.39 is 0 Å². The molecule has 1 amide bonds. The number of hydrogen-bond acceptors (Lipinski definition) is 3. The highest BCUT2D eigenvalue weighted by Gasteiger charge is 2.11. The molecule has 0 saturated heterocycles. The van der Waals surface area contributed by atoms with Gasteiger partial charge in [0, 0.05) is 9.35 Å². The maximum Gasteiger partial charge on any atom is 0.265 e. The Bertz CT molecular complexity index is 658. The van der Waals surface area contributed by atoms with Crippen molar-refractivity contribution in [1.29, 1.82) is 5.26 Å². The van der Waals surface area contributed by atoms with Gasteiger partial charge in [-0.2, -0.15) is 5.26 Å². The summed E-state index contributed by atoms with van der Waals surface area (Å²) in [7, 11) is 0. The third-order valence-corrected chi connectivity index (χ3v) is 4.31. The van der Waals surface area contributed by atoms with Gasteiger partial charge in [-0.05, 0) is 36.8 Å². The van der Waals surface area contributed by atoms with E-state index in [9.17, 15) is 4.79 Å². The van der Waals surface area contributed by atoms with Crippen molar-refractivity contribution in [3.63, 3.8) is 0 Å². The van der Waals surface area contributed by atoms with Crippen LogP contribution in [0, 0.1) is 11.3 Å². The Kier molecular flexibility index (Phi) is 4.35. The average Bonchev–Trinajstić information content (AvgIpc) is 2.88. The Morgan fingerprint density at radius 1 is 1.42 bits per heavy atom. The summed E-state index contributed by atoms with van der Waals surface area (Å²) in [5.74, 6) is -0.181. The predicted octanol–water partition coefficient (Wildman–Crippen LogP) is 4.20. The second-order valence-corrected chi connectivity index (χ2v) is 5.96. The molecule has 1 aromatic carbocycles. The molecule has 0 radical (unpaired) electrons. The maximum atomic E-state index is 12.1. The van der Waals surface area contributed by atoms with E-state index in [1.807, 2.05) is 12.1 Å². The van der Waals surface area contributed by atoms with Gasteiger partial charge in [0.25, 0.3) is 5.91 Å². The van der Waals surface area contributed by atoms with Crippen molar-refractivity contribution >= 4 is 38.9 Å². The van der Waals surface area contributed by atoms with Crippen LogP contribution in [0.1, 0.15) is 27.0 Å².